The van der Waals surface area contributed by atoms with E-state index in [1.807, 2.05) is 6.92 Å². The third-order valence-electron chi connectivity index (χ3n) is 2.17. The van der Waals surface area contributed by atoms with E-state index in [1.54, 1.807) is 7.11 Å². The summed E-state index contributed by atoms with van der Waals surface area (Å²) in [6, 6.07) is 1.42. The van der Waals surface area contributed by atoms with Crippen molar-refractivity contribution in [3.8, 4) is 0 Å². The van der Waals surface area contributed by atoms with Gasteiger partial charge in [-0.1, -0.05) is 0 Å². The number of carbonyl (C=O) groups is 1. The van der Waals surface area contributed by atoms with Gasteiger partial charge in [-0.05, 0) is 6.92 Å². The minimum atomic E-state index is -0.310. The fraction of sp³-hybridized carbons (Fsp3) is 0.545. The zero-order valence-corrected chi connectivity index (χ0v) is 10.6. The third-order valence-corrected chi connectivity index (χ3v) is 2.17. The van der Waals surface area contributed by atoms with Gasteiger partial charge in [0.1, 0.15) is 6.54 Å². The zero-order chi connectivity index (χ0) is 13.4. The second-order valence-corrected chi connectivity index (χ2v) is 3.61. The van der Waals surface area contributed by atoms with Gasteiger partial charge in [0.25, 0.3) is 5.56 Å². The van der Waals surface area contributed by atoms with Gasteiger partial charge in [0, 0.05) is 26.3 Å². The highest BCUT2D eigenvalue weighted by molar-refractivity contribution is 5.75. The van der Waals surface area contributed by atoms with Crippen LogP contribution in [0.25, 0.3) is 0 Å². The largest absolute Gasteiger partial charge is 0.384 e. The highest BCUT2D eigenvalue weighted by Crippen LogP contribution is 1.97. The Morgan fingerprint density at radius 2 is 2.33 bits per heavy atom. The van der Waals surface area contributed by atoms with Crippen LogP contribution in [0, 0.1) is 0 Å². The molecule has 2 N–H and O–H groups in total. The molecule has 0 unspecified atom stereocenters. The Hall–Kier alpha value is -1.89. The van der Waals surface area contributed by atoms with Crippen LogP contribution in [0.15, 0.2) is 17.1 Å². The Morgan fingerprint density at radius 3 is 2.94 bits per heavy atom. The van der Waals surface area contributed by atoms with Crippen LogP contribution >= 0.6 is 0 Å². The van der Waals surface area contributed by atoms with Crippen molar-refractivity contribution in [1.82, 2.24) is 15.1 Å². The second-order valence-electron chi connectivity index (χ2n) is 3.61. The molecule has 0 saturated heterocycles. The highest BCUT2D eigenvalue weighted by Gasteiger charge is 2.05. The molecule has 18 heavy (non-hydrogen) atoms. The van der Waals surface area contributed by atoms with Crippen LogP contribution in [0.1, 0.15) is 6.92 Å². The number of methoxy groups -OCH3 is 1. The number of nitrogens with one attached hydrogen (secondary N) is 2. The quantitative estimate of drug-likeness (QED) is 0.637. The van der Waals surface area contributed by atoms with Gasteiger partial charge in [-0.2, -0.15) is 5.10 Å². The first-order chi connectivity index (χ1) is 8.67. The normalized spacial score (nSPS) is 10.1. The minimum Gasteiger partial charge on any atom is -0.384 e. The van der Waals surface area contributed by atoms with Gasteiger partial charge in [0.05, 0.1) is 18.5 Å². The molecule has 0 atom stereocenters. The summed E-state index contributed by atoms with van der Waals surface area (Å²) in [4.78, 5) is 23.1. The number of nitrogens with zero attached hydrogens (tertiary/aromatic N) is 2. The third kappa shape index (κ3) is 4.54. The Labute approximate surface area is 105 Å². The van der Waals surface area contributed by atoms with Crippen LogP contribution in [0.3, 0.4) is 0 Å². The number of hydrogen-bond donors (Lipinski definition) is 2. The van der Waals surface area contributed by atoms with E-state index in [1.165, 1.54) is 12.3 Å². The maximum Gasteiger partial charge on any atom is 0.269 e. The standard InChI is InChI=1S/C11H18N4O3/c1-3-12-9-6-11(17)15(14-7-9)8-10(16)13-4-5-18-2/h6-7,12H,3-5,8H2,1-2H3,(H,13,16). The summed E-state index contributed by atoms with van der Waals surface area (Å²) >= 11 is 0. The number of rotatable bonds is 7. The van der Waals surface area contributed by atoms with Gasteiger partial charge in [-0.25, -0.2) is 4.68 Å². The lowest BCUT2D eigenvalue weighted by Gasteiger charge is -2.07. The second kappa shape index (κ2) is 7.44. The molecular formula is C11H18N4O3. The van der Waals surface area contributed by atoms with E-state index < -0.39 is 0 Å². The molecule has 0 radical (unpaired) electrons. The van der Waals surface area contributed by atoms with Crippen molar-refractivity contribution >= 4 is 11.6 Å². The van der Waals surface area contributed by atoms with E-state index in [9.17, 15) is 9.59 Å². The fourth-order valence-electron chi connectivity index (χ4n) is 1.34. The maximum absolute atomic E-state index is 11.6. The molecule has 100 valence electrons. The van der Waals surface area contributed by atoms with E-state index in [0.717, 1.165) is 4.68 Å². The van der Waals surface area contributed by atoms with E-state index in [4.69, 9.17) is 4.74 Å². The molecule has 1 aromatic heterocycles. The lowest BCUT2D eigenvalue weighted by Crippen LogP contribution is -2.34. The predicted octanol–water partition coefficient (Wildman–Crippen LogP) is -0.562. The van der Waals surface area contributed by atoms with Crippen molar-refractivity contribution in [2.75, 3.05) is 32.1 Å². The first kappa shape index (κ1) is 14.2. The number of carbonyl (C=O) groups excluding carboxylic acids is 1. The summed E-state index contributed by atoms with van der Waals surface area (Å²) in [7, 11) is 1.55. The van der Waals surface area contributed by atoms with Crippen LogP contribution < -0.4 is 16.2 Å². The lowest BCUT2D eigenvalue weighted by atomic mass is 10.4. The molecule has 0 aliphatic heterocycles. The fourth-order valence-corrected chi connectivity index (χ4v) is 1.34. The van der Waals surface area contributed by atoms with Gasteiger partial charge in [0.2, 0.25) is 5.91 Å². The van der Waals surface area contributed by atoms with Crippen molar-refractivity contribution in [2.45, 2.75) is 13.5 Å². The topological polar surface area (TPSA) is 85.2 Å². The molecule has 7 heteroatoms. The number of aromatic nitrogens is 2. The minimum absolute atomic E-state index is 0.0883. The Morgan fingerprint density at radius 1 is 1.56 bits per heavy atom. The average molecular weight is 254 g/mol. The molecule has 1 amide bonds. The molecular weight excluding hydrogens is 236 g/mol. The molecule has 1 rings (SSSR count). The molecule has 1 aromatic rings. The maximum atomic E-state index is 11.6. The van der Waals surface area contributed by atoms with Crippen molar-refractivity contribution < 1.29 is 9.53 Å². The van der Waals surface area contributed by atoms with Gasteiger partial charge in [-0.3, -0.25) is 9.59 Å². The van der Waals surface area contributed by atoms with Crippen LogP contribution in [-0.4, -0.2) is 42.5 Å². The summed E-state index contributed by atoms with van der Waals surface area (Å²) in [5, 5.41) is 9.51. The molecule has 0 fully saturated rings. The molecule has 0 aliphatic rings. The van der Waals surface area contributed by atoms with Gasteiger partial charge in [-0.15, -0.1) is 0 Å². The van der Waals surface area contributed by atoms with Gasteiger partial charge < -0.3 is 15.4 Å². The first-order valence-corrected chi connectivity index (χ1v) is 5.74. The van der Waals surface area contributed by atoms with E-state index >= 15 is 0 Å². The van der Waals surface area contributed by atoms with Crippen molar-refractivity contribution in [1.29, 1.82) is 0 Å². The van der Waals surface area contributed by atoms with Gasteiger partial charge >= 0.3 is 0 Å². The van der Waals surface area contributed by atoms with Crippen LogP contribution in [0.4, 0.5) is 5.69 Å². The van der Waals surface area contributed by atoms with Crippen molar-refractivity contribution in [3.05, 3.63) is 22.6 Å². The first-order valence-electron chi connectivity index (χ1n) is 5.74. The number of anilines is 1. The Kier molecular flexibility index (Phi) is 5.86. The summed E-state index contributed by atoms with van der Waals surface area (Å²) in [6.07, 6.45) is 1.52. The molecule has 0 aromatic carbocycles. The summed E-state index contributed by atoms with van der Waals surface area (Å²) in [5.74, 6) is -0.266. The highest BCUT2D eigenvalue weighted by atomic mass is 16.5. The summed E-state index contributed by atoms with van der Waals surface area (Å²) < 4.78 is 5.92. The summed E-state index contributed by atoms with van der Waals surface area (Å²) in [5.41, 5.74) is 0.342. The van der Waals surface area contributed by atoms with Crippen molar-refractivity contribution in [2.24, 2.45) is 0 Å². The molecule has 0 aliphatic carbocycles. The Balaban J connectivity index is 2.57. The van der Waals surface area contributed by atoms with E-state index in [2.05, 4.69) is 15.7 Å². The van der Waals surface area contributed by atoms with Crippen molar-refractivity contribution in [3.63, 3.8) is 0 Å². The Bertz CT molecular complexity index is 444. The molecule has 0 saturated carbocycles. The van der Waals surface area contributed by atoms with Crippen LogP contribution in [0.2, 0.25) is 0 Å². The molecule has 0 bridgehead atoms. The SMILES string of the molecule is CCNc1cnn(CC(=O)NCCOC)c(=O)c1. The van der Waals surface area contributed by atoms with Crippen LogP contribution in [-0.2, 0) is 16.1 Å². The van der Waals surface area contributed by atoms with E-state index in [-0.39, 0.29) is 18.0 Å². The molecule has 7 nitrogen and oxygen atoms in total. The zero-order valence-electron chi connectivity index (χ0n) is 10.6. The monoisotopic (exact) mass is 254 g/mol. The lowest BCUT2D eigenvalue weighted by molar-refractivity contribution is -0.122. The van der Waals surface area contributed by atoms with Gasteiger partial charge in [0.15, 0.2) is 0 Å². The summed E-state index contributed by atoms with van der Waals surface area (Å²) in [6.45, 7) is 3.40. The molecule has 1 heterocycles. The number of hydrogen-bond acceptors (Lipinski definition) is 5. The number of amides is 1. The molecule has 0 spiro atoms. The number of ether oxygens (including phenoxy) is 1. The predicted molar refractivity (Wildman–Crippen MR) is 67.5 cm³/mol. The smallest absolute Gasteiger partial charge is 0.269 e. The van der Waals surface area contributed by atoms with E-state index in [0.29, 0.717) is 25.4 Å². The average Bonchev–Trinajstić information content (AvgIpc) is 2.33. The van der Waals surface area contributed by atoms with Crippen LogP contribution in [0.5, 0.6) is 0 Å².